The van der Waals surface area contributed by atoms with Crippen LogP contribution in [0.25, 0.3) is 5.70 Å². The van der Waals surface area contributed by atoms with Crippen molar-refractivity contribution in [1.29, 1.82) is 0 Å². The molecule has 0 amide bonds. The van der Waals surface area contributed by atoms with Gasteiger partial charge in [-0.25, -0.2) is 10.3 Å². The van der Waals surface area contributed by atoms with Gasteiger partial charge >= 0.3 is 6.18 Å². The van der Waals surface area contributed by atoms with Crippen molar-refractivity contribution < 1.29 is 13.2 Å². The zero-order valence-electron chi connectivity index (χ0n) is 7.49. The molecule has 0 aliphatic carbocycles. The predicted molar refractivity (Wildman–Crippen MR) is 50.0 cm³/mol. The van der Waals surface area contributed by atoms with Crippen LogP contribution >= 0.6 is 0 Å². The maximum absolute atomic E-state index is 12.6. The average molecular weight is 211 g/mol. The van der Waals surface area contributed by atoms with E-state index in [1.807, 2.05) is 0 Å². The molecule has 1 aromatic rings. The Labute approximate surface area is 84.1 Å². The van der Waals surface area contributed by atoms with E-state index in [-0.39, 0.29) is 11.3 Å². The maximum Gasteiger partial charge on any atom is 0.417 e. The third-order valence-electron chi connectivity index (χ3n) is 1.97. The van der Waals surface area contributed by atoms with E-state index in [4.69, 9.17) is 0 Å². The molecule has 0 atom stereocenters. The number of hydrogen-bond donors (Lipinski definition) is 0. The van der Waals surface area contributed by atoms with Gasteiger partial charge in [0.2, 0.25) is 0 Å². The number of halogens is 3. The Hall–Kier alpha value is -1.78. The lowest BCUT2D eigenvalue weighted by Crippen LogP contribution is -2.10. The lowest BCUT2D eigenvalue weighted by Gasteiger charge is -2.11. The van der Waals surface area contributed by atoms with E-state index >= 15 is 0 Å². The molecule has 1 aliphatic heterocycles. The van der Waals surface area contributed by atoms with Gasteiger partial charge < -0.3 is 0 Å². The van der Waals surface area contributed by atoms with Gasteiger partial charge in [-0.2, -0.15) is 13.2 Å². The molecule has 1 radical (unpaired) electrons. The molecule has 77 valence electrons. The van der Waals surface area contributed by atoms with E-state index in [0.717, 1.165) is 6.07 Å². The van der Waals surface area contributed by atoms with Crippen LogP contribution in [0.5, 0.6) is 0 Å². The Morgan fingerprint density at radius 1 is 1.07 bits per heavy atom. The second-order valence-electron chi connectivity index (χ2n) is 2.95. The molecule has 0 saturated heterocycles. The smallest absolute Gasteiger partial charge is 0.243 e. The highest BCUT2D eigenvalue weighted by Gasteiger charge is 2.34. The lowest BCUT2D eigenvalue weighted by atomic mass is 10.0. The normalized spacial score (nSPS) is 15.0. The van der Waals surface area contributed by atoms with Crippen LogP contribution in [0.15, 0.2) is 35.5 Å². The minimum atomic E-state index is -4.37. The van der Waals surface area contributed by atoms with Gasteiger partial charge in [0.1, 0.15) is 6.34 Å². The topological polar surface area (TPSA) is 26.5 Å². The molecule has 2 rings (SSSR count). The monoisotopic (exact) mass is 211 g/mol. The van der Waals surface area contributed by atoms with Crippen LogP contribution in [0.3, 0.4) is 0 Å². The molecular weight excluding hydrogens is 205 g/mol. The van der Waals surface area contributed by atoms with Crippen molar-refractivity contribution in [3.63, 3.8) is 0 Å². The van der Waals surface area contributed by atoms with Crippen molar-refractivity contribution >= 4 is 12.0 Å². The van der Waals surface area contributed by atoms with E-state index in [0.29, 0.717) is 0 Å². The highest BCUT2D eigenvalue weighted by molar-refractivity contribution is 5.81. The van der Waals surface area contributed by atoms with Crippen molar-refractivity contribution in [3.8, 4) is 0 Å². The Morgan fingerprint density at radius 2 is 1.80 bits per heavy atom. The fourth-order valence-corrected chi connectivity index (χ4v) is 1.33. The average Bonchev–Trinajstić information content (AvgIpc) is 2.69. The third-order valence-corrected chi connectivity index (χ3v) is 1.97. The Morgan fingerprint density at radius 3 is 2.40 bits per heavy atom. The highest BCUT2D eigenvalue weighted by Crippen LogP contribution is 2.34. The zero-order chi connectivity index (χ0) is 10.9. The zero-order valence-corrected chi connectivity index (χ0v) is 7.49. The van der Waals surface area contributed by atoms with Gasteiger partial charge in [-0.1, -0.05) is 18.2 Å². The van der Waals surface area contributed by atoms with Crippen LogP contribution in [-0.2, 0) is 6.18 Å². The Balaban J connectivity index is 2.47. The molecule has 5 heteroatoms. The quantitative estimate of drug-likeness (QED) is 0.682. The summed E-state index contributed by atoms with van der Waals surface area (Å²) in [6, 6.07) is 5.30. The Bertz CT molecular complexity index is 433. The first-order valence-electron chi connectivity index (χ1n) is 4.18. The lowest BCUT2D eigenvalue weighted by molar-refractivity contribution is -0.137. The molecule has 1 aliphatic rings. The number of aliphatic imine (C=N–C) groups is 1. The number of alkyl halides is 3. The molecule has 0 aromatic heterocycles. The highest BCUT2D eigenvalue weighted by atomic mass is 19.4. The van der Waals surface area contributed by atoms with Gasteiger partial charge in [-0.3, -0.25) is 0 Å². The molecule has 1 heterocycles. The largest absolute Gasteiger partial charge is 0.417 e. The molecule has 0 spiro atoms. The minimum Gasteiger partial charge on any atom is -0.243 e. The first-order chi connectivity index (χ1) is 7.09. The maximum atomic E-state index is 12.6. The first kappa shape index (κ1) is 9.76. The van der Waals surface area contributed by atoms with E-state index in [1.165, 1.54) is 24.7 Å². The molecule has 0 N–H and O–H groups in total. The van der Waals surface area contributed by atoms with Crippen molar-refractivity contribution in [3.05, 3.63) is 41.6 Å². The summed E-state index contributed by atoms with van der Waals surface area (Å²) < 4.78 is 37.8. The summed E-state index contributed by atoms with van der Waals surface area (Å²) in [5.74, 6) is 0. The second-order valence-corrected chi connectivity index (χ2v) is 2.95. The van der Waals surface area contributed by atoms with Crippen molar-refractivity contribution in [2.75, 3.05) is 0 Å². The fraction of sp³-hybridized carbons (Fsp3) is 0.100. The van der Waals surface area contributed by atoms with Gasteiger partial charge in [-0.05, 0) is 6.07 Å². The summed E-state index contributed by atoms with van der Waals surface area (Å²) >= 11 is 0. The van der Waals surface area contributed by atoms with Crippen molar-refractivity contribution in [1.82, 2.24) is 5.32 Å². The van der Waals surface area contributed by atoms with E-state index in [9.17, 15) is 13.2 Å². The van der Waals surface area contributed by atoms with E-state index in [1.54, 1.807) is 6.07 Å². The van der Waals surface area contributed by atoms with Gasteiger partial charge in [-0.15, -0.1) is 0 Å². The van der Waals surface area contributed by atoms with Crippen molar-refractivity contribution in [2.24, 2.45) is 4.99 Å². The summed E-state index contributed by atoms with van der Waals surface area (Å²) in [7, 11) is 0. The van der Waals surface area contributed by atoms with Gasteiger partial charge in [0.15, 0.2) is 0 Å². The summed E-state index contributed by atoms with van der Waals surface area (Å²) in [6.07, 6.45) is -1.83. The second kappa shape index (κ2) is 3.42. The van der Waals surface area contributed by atoms with Crippen LogP contribution in [0.1, 0.15) is 11.1 Å². The third kappa shape index (κ3) is 1.86. The van der Waals surface area contributed by atoms with Gasteiger partial charge in [0, 0.05) is 5.56 Å². The van der Waals surface area contributed by atoms with Crippen LogP contribution in [0, 0.1) is 0 Å². The van der Waals surface area contributed by atoms with Gasteiger partial charge in [0.25, 0.3) is 0 Å². The molecule has 15 heavy (non-hydrogen) atoms. The first-order valence-corrected chi connectivity index (χ1v) is 4.18. The van der Waals surface area contributed by atoms with E-state index in [2.05, 4.69) is 10.3 Å². The fourth-order valence-electron chi connectivity index (χ4n) is 1.33. The molecular formula is C10H6F3N2. The molecule has 2 nitrogen and oxygen atoms in total. The predicted octanol–water partition coefficient (Wildman–Crippen LogP) is 2.65. The summed E-state index contributed by atoms with van der Waals surface area (Å²) in [5, 5.41) is 3.75. The van der Waals surface area contributed by atoms with E-state index < -0.39 is 11.7 Å². The number of hydrogen-bond acceptors (Lipinski definition) is 1. The summed E-state index contributed by atoms with van der Waals surface area (Å²) in [4.78, 5) is 3.64. The number of rotatable bonds is 1. The van der Waals surface area contributed by atoms with Crippen LogP contribution < -0.4 is 5.32 Å². The SMILES string of the molecule is FC(F)(F)c1ccccc1C1=CN=C[N]1. The molecule has 0 fully saturated rings. The standard InChI is InChI=1S/C10H6F3N2/c11-10(12,13)8-4-2-1-3-7(8)9-5-14-6-15-9/h1-6H. The number of nitrogens with zero attached hydrogens (tertiary/aromatic N) is 2. The Kier molecular flexibility index (Phi) is 2.22. The molecule has 0 unspecified atom stereocenters. The van der Waals surface area contributed by atoms with Crippen LogP contribution in [0.4, 0.5) is 13.2 Å². The van der Waals surface area contributed by atoms with Gasteiger partial charge in [0.05, 0.1) is 17.5 Å². The number of benzene rings is 1. The van der Waals surface area contributed by atoms with Crippen LogP contribution in [0.2, 0.25) is 0 Å². The summed E-state index contributed by atoms with van der Waals surface area (Å²) in [6.45, 7) is 0. The summed E-state index contributed by atoms with van der Waals surface area (Å²) in [5.41, 5.74) is -0.393. The minimum absolute atomic E-state index is 0.0579. The van der Waals surface area contributed by atoms with Crippen molar-refractivity contribution in [2.45, 2.75) is 6.18 Å². The molecule has 1 aromatic carbocycles. The van der Waals surface area contributed by atoms with Crippen LogP contribution in [-0.4, -0.2) is 6.34 Å². The molecule has 0 bridgehead atoms. The molecule has 0 saturated carbocycles.